The van der Waals surface area contributed by atoms with Gasteiger partial charge in [-0.3, -0.25) is 0 Å². The van der Waals surface area contributed by atoms with E-state index in [2.05, 4.69) is 38.2 Å². The van der Waals surface area contributed by atoms with Gasteiger partial charge in [0.15, 0.2) is 0 Å². The summed E-state index contributed by atoms with van der Waals surface area (Å²) in [6.45, 7) is 5.88. The molecule has 2 heteroatoms. The molecule has 0 bridgehead atoms. The molecule has 0 aromatic rings. The molecule has 0 aromatic carbocycles. The Morgan fingerprint density at radius 1 is 0.800 bits per heavy atom. The zero-order valence-electron chi connectivity index (χ0n) is 13.4. The zero-order chi connectivity index (χ0) is 14.5. The van der Waals surface area contributed by atoms with Crippen LogP contribution >= 0.6 is 0 Å². The molecule has 1 aliphatic rings. The number of unbranched alkanes of at least 4 members (excludes halogenated alkanes) is 2. The average Bonchev–Trinajstić information content (AvgIpc) is 2.48. The molecule has 0 aromatic heterocycles. The van der Waals surface area contributed by atoms with Crippen molar-refractivity contribution in [3.63, 3.8) is 0 Å². The molecule has 2 atom stereocenters. The molecular formula is C18H32O2. The number of ether oxygens (including phenoxy) is 2. The molecule has 1 rings (SSSR count). The van der Waals surface area contributed by atoms with E-state index in [0.717, 1.165) is 38.9 Å². The molecule has 1 aliphatic carbocycles. The minimum Gasteiger partial charge on any atom is -0.376 e. The average molecular weight is 280 g/mol. The van der Waals surface area contributed by atoms with Crippen LogP contribution in [0.2, 0.25) is 0 Å². The lowest BCUT2D eigenvalue weighted by Gasteiger charge is -2.31. The second-order valence-corrected chi connectivity index (χ2v) is 5.53. The smallest absolute Gasteiger partial charge is 0.0836 e. The van der Waals surface area contributed by atoms with E-state index in [4.69, 9.17) is 9.47 Å². The van der Waals surface area contributed by atoms with Gasteiger partial charge >= 0.3 is 0 Å². The van der Waals surface area contributed by atoms with Gasteiger partial charge in [0.2, 0.25) is 0 Å². The van der Waals surface area contributed by atoms with Crippen molar-refractivity contribution >= 4 is 0 Å². The summed E-state index contributed by atoms with van der Waals surface area (Å²) in [7, 11) is 0. The van der Waals surface area contributed by atoms with Gasteiger partial charge in [0.25, 0.3) is 0 Å². The van der Waals surface area contributed by atoms with Crippen LogP contribution in [0.5, 0.6) is 0 Å². The van der Waals surface area contributed by atoms with Crippen LogP contribution < -0.4 is 0 Å². The summed E-state index contributed by atoms with van der Waals surface area (Å²) in [5.41, 5.74) is 0. The van der Waals surface area contributed by atoms with Crippen molar-refractivity contribution in [1.82, 2.24) is 0 Å². The molecule has 2 nitrogen and oxygen atoms in total. The predicted octanol–water partition coefficient (Wildman–Crippen LogP) is 5.04. The Labute approximate surface area is 125 Å². The van der Waals surface area contributed by atoms with Crippen molar-refractivity contribution in [2.24, 2.45) is 0 Å². The summed E-state index contributed by atoms with van der Waals surface area (Å²) in [6, 6.07) is 0. The van der Waals surface area contributed by atoms with E-state index in [1.807, 2.05) is 0 Å². The minimum atomic E-state index is 0.330. The summed E-state index contributed by atoms with van der Waals surface area (Å²) >= 11 is 0. The molecule has 0 saturated heterocycles. The topological polar surface area (TPSA) is 18.5 Å². The lowest BCUT2D eigenvalue weighted by atomic mass is 9.94. The van der Waals surface area contributed by atoms with E-state index in [0.29, 0.717) is 12.2 Å². The Hall–Kier alpha value is -0.600. The van der Waals surface area contributed by atoms with Crippen LogP contribution in [0.25, 0.3) is 0 Å². The molecule has 0 aliphatic heterocycles. The van der Waals surface area contributed by atoms with E-state index in [1.165, 1.54) is 25.7 Å². The fraction of sp³-hybridized carbons (Fsp3) is 0.778. The largest absolute Gasteiger partial charge is 0.376 e. The van der Waals surface area contributed by atoms with Crippen molar-refractivity contribution < 1.29 is 9.47 Å². The van der Waals surface area contributed by atoms with Gasteiger partial charge in [-0.2, -0.15) is 0 Å². The summed E-state index contributed by atoms with van der Waals surface area (Å²) in [5.74, 6) is 0. The highest BCUT2D eigenvalue weighted by atomic mass is 16.5. The number of hydrogen-bond donors (Lipinski definition) is 0. The van der Waals surface area contributed by atoms with Crippen LogP contribution in [0.1, 0.15) is 65.2 Å². The van der Waals surface area contributed by atoms with Crippen LogP contribution in [0.15, 0.2) is 24.3 Å². The van der Waals surface area contributed by atoms with E-state index in [9.17, 15) is 0 Å². The van der Waals surface area contributed by atoms with Crippen LogP contribution in [-0.4, -0.2) is 25.4 Å². The highest BCUT2D eigenvalue weighted by Crippen LogP contribution is 2.24. The Balaban J connectivity index is 2.16. The Morgan fingerprint density at radius 3 is 1.65 bits per heavy atom. The van der Waals surface area contributed by atoms with Crippen molar-refractivity contribution in [2.75, 3.05) is 13.2 Å². The van der Waals surface area contributed by atoms with Crippen molar-refractivity contribution in [2.45, 2.75) is 77.4 Å². The maximum Gasteiger partial charge on any atom is 0.0836 e. The van der Waals surface area contributed by atoms with Gasteiger partial charge in [0.1, 0.15) is 0 Å². The van der Waals surface area contributed by atoms with E-state index >= 15 is 0 Å². The third kappa shape index (κ3) is 7.86. The van der Waals surface area contributed by atoms with Gasteiger partial charge in [0.05, 0.1) is 12.2 Å². The molecule has 1 saturated carbocycles. The van der Waals surface area contributed by atoms with Crippen molar-refractivity contribution in [3.05, 3.63) is 24.3 Å². The van der Waals surface area contributed by atoms with E-state index in [1.54, 1.807) is 0 Å². The van der Waals surface area contributed by atoms with Crippen LogP contribution in [-0.2, 0) is 9.47 Å². The molecule has 1 fully saturated rings. The molecule has 0 spiro atoms. The first-order chi connectivity index (χ1) is 9.88. The fourth-order valence-corrected chi connectivity index (χ4v) is 2.65. The van der Waals surface area contributed by atoms with Crippen molar-refractivity contribution in [1.29, 1.82) is 0 Å². The normalized spacial score (nSPS) is 23.9. The SMILES string of the molecule is CC=CCCCOC1CCCCC1OCCCC=CC. The Kier molecular flexibility index (Phi) is 10.6. The minimum absolute atomic E-state index is 0.330. The third-order valence-electron chi connectivity index (χ3n) is 3.81. The number of rotatable bonds is 10. The number of hydrogen-bond acceptors (Lipinski definition) is 2. The van der Waals surface area contributed by atoms with Crippen LogP contribution in [0, 0.1) is 0 Å². The Bertz CT molecular complexity index is 243. The highest BCUT2D eigenvalue weighted by molar-refractivity contribution is 4.79. The quantitative estimate of drug-likeness (QED) is 0.412. The maximum atomic E-state index is 6.05. The second-order valence-electron chi connectivity index (χ2n) is 5.53. The Morgan fingerprint density at radius 2 is 1.25 bits per heavy atom. The molecule has 0 N–H and O–H groups in total. The fourth-order valence-electron chi connectivity index (χ4n) is 2.65. The monoisotopic (exact) mass is 280 g/mol. The summed E-state index contributed by atoms with van der Waals surface area (Å²) in [6.07, 6.45) is 18.7. The third-order valence-corrected chi connectivity index (χ3v) is 3.81. The van der Waals surface area contributed by atoms with Gasteiger partial charge in [0, 0.05) is 13.2 Å². The molecule has 2 unspecified atom stereocenters. The lowest BCUT2D eigenvalue weighted by Crippen LogP contribution is -2.35. The van der Waals surface area contributed by atoms with Gasteiger partial charge in [-0.05, 0) is 52.4 Å². The van der Waals surface area contributed by atoms with E-state index in [-0.39, 0.29) is 0 Å². The summed E-state index contributed by atoms with van der Waals surface area (Å²) < 4.78 is 12.1. The van der Waals surface area contributed by atoms with Gasteiger partial charge in [-0.15, -0.1) is 0 Å². The molecule has 116 valence electrons. The first kappa shape index (κ1) is 17.5. The zero-order valence-corrected chi connectivity index (χ0v) is 13.4. The van der Waals surface area contributed by atoms with Crippen LogP contribution in [0.3, 0.4) is 0 Å². The molecule has 20 heavy (non-hydrogen) atoms. The van der Waals surface area contributed by atoms with Gasteiger partial charge < -0.3 is 9.47 Å². The molecule has 0 heterocycles. The standard InChI is InChI=1S/C18H32O2/c1-3-5-7-11-15-19-17-13-9-10-14-18(17)20-16-12-8-6-4-2/h3-6,17-18H,7-16H2,1-2H3. The summed E-state index contributed by atoms with van der Waals surface area (Å²) in [4.78, 5) is 0. The van der Waals surface area contributed by atoms with Gasteiger partial charge in [-0.25, -0.2) is 0 Å². The lowest BCUT2D eigenvalue weighted by molar-refractivity contribution is -0.0927. The van der Waals surface area contributed by atoms with Crippen LogP contribution in [0.4, 0.5) is 0 Å². The molecule has 0 radical (unpaired) electrons. The van der Waals surface area contributed by atoms with E-state index < -0.39 is 0 Å². The predicted molar refractivity (Wildman–Crippen MR) is 86.0 cm³/mol. The maximum absolute atomic E-state index is 6.05. The van der Waals surface area contributed by atoms with Crippen molar-refractivity contribution in [3.8, 4) is 0 Å². The molecular weight excluding hydrogens is 248 g/mol. The first-order valence-electron chi connectivity index (χ1n) is 8.34. The first-order valence-corrected chi connectivity index (χ1v) is 8.34. The highest BCUT2D eigenvalue weighted by Gasteiger charge is 2.26. The number of allylic oxidation sites excluding steroid dienone is 4. The summed E-state index contributed by atoms with van der Waals surface area (Å²) in [5, 5.41) is 0. The van der Waals surface area contributed by atoms with Gasteiger partial charge in [-0.1, -0.05) is 37.1 Å². The second kappa shape index (κ2) is 12.2. The molecule has 0 amide bonds.